The number of hydrogen-bond donors (Lipinski definition) is 0. The number of amides is 1. The largest absolute Gasteiger partial charge is 0.381 e. The van der Waals surface area contributed by atoms with E-state index in [1.807, 2.05) is 4.90 Å². The highest BCUT2D eigenvalue weighted by atomic mass is 16.5. The lowest BCUT2D eigenvalue weighted by Gasteiger charge is -2.22. The third-order valence-electron chi connectivity index (χ3n) is 3.56. The topological polar surface area (TPSA) is 29.5 Å². The lowest BCUT2D eigenvalue weighted by Crippen LogP contribution is -2.31. The molecule has 0 bridgehead atoms. The minimum Gasteiger partial charge on any atom is -0.381 e. The molecule has 3 nitrogen and oxygen atoms in total. The Morgan fingerprint density at radius 2 is 2.00 bits per heavy atom. The lowest BCUT2D eigenvalue weighted by molar-refractivity contribution is -0.132. The molecule has 1 rings (SSSR count). The van der Waals surface area contributed by atoms with Crippen LogP contribution in [-0.2, 0) is 9.53 Å². The van der Waals surface area contributed by atoms with Crippen molar-refractivity contribution in [1.29, 1.82) is 0 Å². The van der Waals surface area contributed by atoms with E-state index in [0.29, 0.717) is 12.3 Å². The van der Waals surface area contributed by atoms with Crippen LogP contribution in [0.5, 0.6) is 0 Å². The van der Waals surface area contributed by atoms with Gasteiger partial charge in [0.15, 0.2) is 0 Å². The predicted molar refractivity (Wildman–Crippen MR) is 65.3 cm³/mol. The first-order valence-corrected chi connectivity index (χ1v) is 6.48. The zero-order valence-corrected chi connectivity index (χ0v) is 10.9. The molecule has 0 aliphatic carbocycles. The number of methoxy groups -OCH3 is 1. The van der Waals surface area contributed by atoms with Crippen LogP contribution < -0.4 is 0 Å². The highest BCUT2D eigenvalue weighted by Gasteiger charge is 2.22. The summed E-state index contributed by atoms with van der Waals surface area (Å²) >= 11 is 0. The van der Waals surface area contributed by atoms with E-state index in [-0.39, 0.29) is 12.0 Å². The van der Waals surface area contributed by atoms with Crippen LogP contribution in [0, 0.1) is 5.92 Å². The molecule has 16 heavy (non-hydrogen) atoms. The van der Waals surface area contributed by atoms with E-state index in [1.165, 1.54) is 0 Å². The maximum Gasteiger partial charge on any atom is 0.225 e. The van der Waals surface area contributed by atoms with Gasteiger partial charge in [0.25, 0.3) is 0 Å². The number of nitrogens with zero attached hydrogens (tertiary/aromatic N) is 1. The van der Waals surface area contributed by atoms with Gasteiger partial charge >= 0.3 is 0 Å². The Morgan fingerprint density at radius 3 is 2.50 bits per heavy atom. The fourth-order valence-electron chi connectivity index (χ4n) is 2.17. The number of carbonyl (C=O) groups is 1. The molecule has 1 fully saturated rings. The summed E-state index contributed by atoms with van der Waals surface area (Å²) in [6, 6.07) is 0. The van der Waals surface area contributed by atoms with Crippen LogP contribution in [0.3, 0.4) is 0 Å². The van der Waals surface area contributed by atoms with Crippen molar-refractivity contribution in [1.82, 2.24) is 4.90 Å². The average Bonchev–Trinajstić information content (AvgIpc) is 2.81. The summed E-state index contributed by atoms with van der Waals surface area (Å²) in [4.78, 5) is 13.9. The van der Waals surface area contributed by atoms with Gasteiger partial charge in [0.05, 0.1) is 12.5 Å². The molecule has 0 saturated carbocycles. The predicted octanol–water partition coefficient (Wildman–Crippen LogP) is 2.45. The van der Waals surface area contributed by atoms with Gasteiger partial charge < -0.3 is 9.64 Å². The molecule has 0 aromatic carbocycles. The molecule has 0 spiro atoms. The summed E-state index contributed by atoms with van der Waals surface area (Å²) in [6.07, 6.45) is 5.12. The van der Waals surface area contributed by atoms with Crippen LogP contribution in [0.15, 0.2) is 0 Å². The first-order valence-electron chi connectivity index (χ1n) is 6.48. The Balaban J connectivity index is 2.33. The quantitative estimate of drug-likeness (QED) is 0.697. The number of ether oxygens (including phenoxy) is 1. The summed E-state index contributed by atoms with van der Waals surface area (Å²) in [7, 11) is 1.71. The van der Waals surface area contributed by atoms with Crippen LogP contribution in [0.4, 0.5) is 0 Å². The van der Waals surface area contributed by atoms with Crippen molar-refractivity contribution in [2.24, 2.45) is 5.92 Å². The third-order valence-corrected chi connectivity index (χ3v) is 3.56. The van der Waals surface area contributed by atoms with Gasteiger partial charge in [-0.2, -0.15) is 0 Å². The minimum atomic E-state index is 0.100. The van der Waals surface area contributed by atoms with Crippen molar-refractivity contribution in [2.75, 3.05) is 20.2 Å². The van der Waals surface area contributed by atoms with Crippen LogP contribution in [0.2, 0.25) is 0 Å². The Labute approximate surface area is 99.1 Å². The molecule has 3 heteroatoms. The summed E-state index contributed by atoms with van der Waals surface area (Å²) < 4.78 is 5.41. The molecule has 1 amide bonds. The van der Waals surface area contributed by atoms with E-state index in [2.05, 4.69) is 13.8 Å². The Morgan fingerprint density at radius 1 is 1.38 bits per heavy atom. The second-order valence-electron chi connectivity index (χ2n) is 4.90. The van der Waals surface area contributed by atoms with Gasteiger partial charge in [-0.1, -0.05) is 20.3 Å². The number of hydrogen-bond acceptors (Lipinski definition) is 2. The van der Waals surface area contributed by atoms with Crippen molar-refractivity contribution in [3.05, 3.63) is 0 Å². The van der Waals surface area contributed by atoms with E-state index < -0.39 is 0 Å². The van der Waals surface area contributed by atoms with Gasteiger partial charge in [0.1, 0.15) is 0 Å². The minimum absolute atomic E-state index is 0.100. The van der Waals surface area contributed by atoms with E-state index in [9.17, 15) is 4.79 Å². The van der Waals surface area contributed by atoms with Crippen molar-refractivity contribution in [3.8, 4) is 0 Å². The first-order chi connectivity index (χ1) is 7.67. The standard InChI is InChI=1S/C13H25NO2/c1-4-11(2)9-12(16-3)10-13(15)14-7-5-6-8-14/h11-12H,4-10H2,1-3H3/t11-,12-/m0/s1. The molecule has 0 unspecified atom stereocenters. The van der Waals surface area contributed by atoms with Crippen LogP contribution in [0.25, 0.3) is 0 Å². The van der Waals surface area contributed by atoms with Gasteiger partial charge in [-0.3, -0.25) is 4.79 Å². The normalized spacial score (nSPS) is 19.8. The van der Waals surface area contributed by atoms with Crippen molar-refractivity contribution >= 4 is 5.91 Å². The SMILES string of the molecule is CC[C@H](C)C[C@@H](CC(=O)N1CCCC1)OC. The Kier molecular flexibility index (Phi) is 5.81. The summed E-state index contributed by atoms with van der Waals surface area (Å²) in [5.41, 5.74) is 0. The molecular formula is C13H25NO2. The Hall–Kier alpha value is -0.570. The molecule has 0 N–H and O–H groups in total. The maximum absolute atomic E-state index is 11.9. The second kappa shape index (κ2) is 6.89. The number of carbonyl (C=O) groups excluding carboxylic acids is 1. The Bertz CT molecular complexity index is 212. The summed E-state index contributed by atoms with van der Waals surface area (Å²) in [5, 5.41) is 0. The number of rotatable bonds is 6. The molecule has 1 saturated heterocycles. The first kappa shape index (κ1) is 13.5. The molecule has 94 valence electrons. The highest BCUT2D eigenvalue weighted by Crippen LogP contribution is 2.17. The monoisotopic (exact) mass is 227 g/mol. The van der Waals surface area contributed by atoms with E-state index in [1.54, 1.807) is 7.11 Å². The van der Waals surface area contributed by atoms with Crippen molar-refractivity contribution in [3.63, 3.8) is 0 Å². The maximum atomic E-state index is 11.9. The van der Waals surface area contributed by atoms with Crippen molar-refractivity contribution < 1.29 is 9.53 Å². The lowest BCUT2D eigenvalue weighted by atomic mass is 9.99. The van der Waals surface area contributed by atoms with Crippen molar-refractivity contribution in [2.45, 2.75) is 52.1 Å². The molecule has 1 aliphatic heterocycles. The third kappa shape index (κ3) is 4.12. The van der Waals surface area contributed by atoms with E-state index in [4.69, 9.17) is 4.74 Å². The molecule has 0 radical (unpaired) electrons. The molecule has 0 aromatic heterocycles. The van der Waals surface area contributed by atoms with Crippen LogP contribution in [0.1, 0.15) is 46.0 Å². The zero-order valence-electron chi connectivity index (χ0n) is 10.9. The molecule has 1 heterocycles. The zero-order chi connectivity index (χ0) is 12.0. The number of likely N-dealkylation sites (tertiary alicyclic amines) is 1. The molecule has 1 aliphatic rings. The van der Waals surface area contributed by atoms with Gasteiger partial charge in [-0.15, -0.1) is 0 Å². The second-order valence-corrected chi connectivity index (χ2v) is 4.90. The van der Waals surface area contributed by atoms with Gasteiger partial charge in [-0.25, -0.2) is 0 Å². The summed E-state index contributed by atoms with van der Waals surface area (Å²) in [5.74, 6) is 0.906. The van der Waals surface area contributed by atoms with Gasteiger partial charge in [0.2, 0.25) is 5.91 Å². The molecule has 2 atom stereocenters. The van der Waals surface area contributed by atoms with Crippen LogP contribution >= 0.6 is 0 Å². The van der Waals surface area contributed by atoms with Crippen LogP contribution in [-0.4, -0.2) is 37.1 Å². The van der Waals surface area contributed by atoms with E-state index in [0.717, 1.165) is 38.8 Å². The molecule has 0 aromatic rings. The summed E-state index contributed by atoms with van der Waals surface area (Å²) in [6.45, 7) is 6.28. The van der Waals surface area contributed by atoms with Gasteiger partial charge in [-0.05, 0) is 25.2 Å². The highest BCUT2D eigenvalue weighted by molar-refractivity contribution is 5.76. The fourth-order valence-corrected chi connectivity index (χ4v) is 2.17. The smallest absolute Gasteiger partial charge is 0.225 e. The average molecular weight is 227 g/mol. The fraction of sp³-hybridized carbons (Fsp3) is 0.923. The molecular weight excluding hydrogens is 202 g/mol. The van der Waals surface area contributed by atoms with Gasteiger partial charge in [0, 0.05) is 20.2 Å². The van der Waals surface area contributed by atoms with E-state index >= 15 is 0 Å².